The fraction of sp³-hybridized carbons (Fsp3) is 0.632. The van der Waals surface area contributed by atoms with Gasteiger partial charge in [0.15, 0.2) is 11.6 Å². The number of hydrogen-bond acceptors (Lipinski definition) is 6. The van der Waals surface area contributed by atoms with E-state index >= 15 is 0 Å². The predicted octanol–water partition coefficient (Wildman–Crippen LogP) is 1.54. The Bertz CT molecular complexity index is 794. The van der Waals surface area contributed by atoms with Crippen LogP contribution in [0.5, 0.6) is 5.75 Å². The summed E-state index contributed by atoms with van der Waals surface area (Å²) >= 11 is 0. The van der Waals surface area contributed by atoms with Gasteiger partial charge in [0, 0.05) is 0 Å². The van der Waals surface area contributed by atoms with Crippen molar-refractivity contribution in [1.82, 2.24) is 26.0 Å². The zero-order valence-electron chi connectivity index (χ0n) is 16.6. The number of halogens is 4. The van der Waals surface area contributed by atoms with Crippen LogP contribution in [0.15, 0.2) is 18.2 Å². The molecule has 30 heavy (non-hydrogen) atoms. The smallest absolute Gasteiger partial charge is 0.387 e. The van der Waals surface area contributed by atoms with E-state index in [4.69, 9.17) is 0 Å². The van der Waals surface area contributed by atoms with Crippen LogP contribution in [0.3, 0.4) is 0 Å². The Morgan fingerprint density at radius 3 is 2.60 bits per heavy atom. The summed E-state index contributed by atoms with van der Waals surface area (Å²) in [6.07, 6.45) is 0.818. The number of alkyl halides is 3. The molecule has 0 radical (unpaired) electrons. The number of benzene rings is 1. The summed E-state index contributed by atoms with van der Waals surface area (Å²) in [6.45, 7) is -3.87. The lowest BCUT2D eigenvalue weighted by Gasteiger charge is -2.42. The van der Waals surface area contributed by atoms with Crippen LogP contribution < -0.4 is 20.8 Å². The maximum absolute atomic E-state index is 14.4. The molecule has 1 saturated carbocycles. The van der Waals surface area contributed by atoms with E-state index in [0.717, 1.165) is 12.8 Å². The minimum absolute atomic E-state index is 0.169. The van der Waals surface area contributed by atoms with Crippen molar-refractivity contribution in [3.05, 3.63) is 29.6 Å². The average Bonchev–Trinajstić information content (AvgIpc) is 3.44. The molecule has 3 aliphatic rings. The van der Waals surface area contributed by atoms with E-state index < -0.39 is 49.3 Å². The van der Waals surface area contributed by atoms with Crippen LogP contribution in [0.1, 0.15) is 24.4 Å². The van der Waals surface area contributed by atoms with Gasteiger partial charge in [-0.15, -0.1) is 0 Å². The maximum atomic E-state index is 14.4. The molecule has 166 valence electrons. The van der Waals surface area contributed by atoms with E-state index in [2.05, 4.69) is 20.8 Å². The second-order valence-corrected chi connectivity index (χ2v) is 8.16. The van der Waals surface area contributed by atoms with E-state index in [1.54, 1.807) is 24.0 Å². The van der Waals surface area contributed by atoms with Crippen molar-refractivity contribution in [3.8, 4) is 5.75 Å². The summed E-state index contributed by atoms with van der Waals surface area (Å²) in [4.78, 5) is 14.5. The highest BCUT2D eigenvalue weighted by Gasteiger charge is 2.54. The summed E-state index contributed by atoms with van der Waals surface area (Å²) in [7, 11) is 3.60. The number of carbonyl (C=O) groups is 1. The molecule has 1 amide bonds. The fourth-order valence-electron chi connectivity index (χ4n) is 4.32. The van der Waals surface area contributed by atoms with Crippen LogP contribution in [0.25, 0.3) is 0 Å². The standard InChI is InChI=1S/C19H25F4N5O2/c1-27(2)19-24-16-14(17(29)25-19)12(8-20)26-28(16)15(9-3-4-9)10-5-6-13(11(21)7-10)30-18(22)23/h5-7,9,12,14-16,18-19,24,26H,3-4,8H2,1-2H3,(H,25,29). The molecule has 11 heteroatoms. The normalized spacial score (nSPS) is 30.5. The molecule has 2 aliphatic heterocycles. The summed E-state index contributed by atoms with van der Waals surface area (Å²) in [5, 5.41) is 7.94. The number of rotatable bonds is 7. The van der Waals surface area contributed by atoms with Crippen LogP contribution in [-0.2, 0) is 4.79 Å². The van der Waals surface area contributed by atoms with Gasteiger partial charge in [-0.05, 0) is 50.6 Å². The van der Waals surface area contributed by atoms with Crippen molar-refractivity contribution < 1.29 is 27.1 Å². The number of ether oxygens (including phenoxy) is 1. The van der Waals surface area contributed by atoms with Gasteiger partial charge in [-0.1, -0.05) is 6.07 Å². The third-order valence-electron chi connectivity index (χ3n) is 5.86. The molecule has 4 rings (SSSR count). The summed E-state index contributed by atoms with van der Waals surface area (Å²) in [6, 6.07) is 2.81. The van der Waals surface area contributed by atoms with Crippen molar-refractivity contribution in [3.63, 3.8) is 0 Å². The lowest BCUT2D eigenvalue weighted by Crippen LogP contribution is -2.68. The molecule has 2 heterocycles. The molecule has 1 aromatic rings. The molecule has 3 N–H and O–H groups in total. The molecule has 1 aromatic carbocycles. The molecular formula is C19H25F4N5O2. The highest BCUT2D eigenvalue weighted by molar-refractivity contribution is 5.81. The summed E-state index contributed by atoms with van der Waals surface area (Å²) in [5.41, 5.74) is 3.65. The largest absolute Gasteiger partial charge is 0.432 e. The first-order valence-electron chi connectivity index (χ1n) is 9.87. The van der Waals surface area contributed by atoms with Crippen LogP contribution in [0.4, 0.5) is 17.6 Å². The van der Waals surface area contributed by atoms with E-state index in [0.29, 0.717) is 5.56 Å². The number of amides is 1. The fourth-order valence-corrected chi connectivity index (χ4v) is 4.32. The minimum Gasteiger partial charge on any atom is -0.432 e. The van der Waals surface area contributed by atoms with Crippen molar-refractivity contribution in [2.75, 3.05) is 20.8 Å². The highest BCUT2D eigenvalue weighted by atomic mass is 19.3. The van der Waals surface area contributed by atoms with Crippen LogP contribution in [-0.4, -0.2) is 61.7 Å². The SMILES string of the molecule is CN(C)C1NC(=O)C2C(CF)NN(C(c3ccc(OC(F)F)c(F)c3)C3CC3)C2N1. The monoisotopic (exact) mass is 431 g/mol. The van der Waals surface area contributed by atoms with Gasteiger partial charge in [-0.2, -0.15) is 8.78 Å². The van der Waals surface area contributed by atoms with Crippen LogP contribution >= 0.6 is 0 Å². The highest BCUT2D eigenvalue weighted by Crippen LogP contribution is 2.47. The number of nitrogens with zero attached hydrogens (tertiary/aromatic N) is 2. The van der Waals surface area contributed by atoms with Gasteiger partial charge in [0.05, 0.1) is 24.2 Å². The average molecular weight is 431 g/mol. The predicted molar refractivity (Wildman–Crippen MR) is 99.3 cm³/mol. The van der Waals surface area contributed by atoms with Gasteiger partial charge in [0.25, 0.3) is 0 Å². The first-order valence-corrected chi connectivity index (χ1v) is 9.87. The van der Waals surface area contributed by atoms with Crippen molar-refractivity contribution in [2.24, 2.45) is 11.8 Å². The molecule has 5 atom stereocenters. The Kier molecular flexibility index (Phi) is 5.88. The van der Waals surface area contributed by atoms with Crippen LogP contribution in [0, 0.1) is 17.7 Å². The maximum Gasteiger partial charge on any atom is 0.387 e. The van der Waals surface area contributed by atoms with Gasteiger partial charge in [0.1, 0.15) is 13.0 Å². The van der Waals surface area contributed by atoms with Crippen molar-refractivity contribution in [2.45, 2.75) is 44.0 Å². The van der Waals surface area contributed by atoms with Crippen molar-refractivity contribution >= 4 is 5.91 Å². The second-order valence-electron chi connectivity index (χ2n) is 8.16. The zero-order chi connectivity index (χ0) is 21.6. The Balaban J connectivity index is 1.65. The molecule has 3 fully saturated rings. The van der Waals surface area contributed by atoms with Crippen molar-refractivity contribution in [1.29, 1.82) is 0 Å². The van der Waals surface area contributed by atoms with E-state index in [-0.39, 0.29) is 17.9 Å². The molecule has 0 spiro atoms. The molecular weight excluding hydrogens is 406 g/mol. The Hall–Kier alpha value is -1.95. The molecule has 0 bridgehead atoms. The van der Waals surface area contributed by atoms with E-state index in [1.165, 1.54) is 18.2 Å². The lowest BCUT2D eigenvalue weighted by atomic mass is 9.94. The first-order chi connectivity index (χ1) is 14.3. The molecule has 5 unspecified atom stereocenters. The molecule has 2 saturated heterocycles. The molecule has 0 aromatic heterocycles. The number of hydrogen-bond donors (Lipinski definition) is 3. The summed E-state index contributed by atoms with van der Waals surface area (Å²) < 4.78 is 57.3. The van der Waals surface area contributed by atoms with E-state index in [9.17, 15) is 22.4 Å². The summed E-state index contributed by atoms with van der Waals surface area (Å²) in [5.74, 6) is -2.19. The lowest BCUT2D eigenvalue weighted by molar-refractivity contribution is -0.133. The van der Waals surface area contributed by atoms with Gasteiger partial charge < -0.3 is 10.1 Å². The topological polar surface area (TPSA) is 68.9 Å². The first kappa shape index (κ1) is 21.3. The minimum atomic E-state index is -3.12. The number of nitrogens with one attached hydrogen (secondary N) is 3. The third kappa shape index (κ3) is 3.98. The Morgan fingerprint density at radius 2 is 2.03 bits per heavy atom. The van der Waals surface area contributed by atoms with E-state index in [1.807, 2.05) is 0 Å². The van der Waals surface area contributed by atoms with Gasteiger partial charge in [-0.25, -0.2) is 19.2 Å². The van der Waals surface area contributed by atoms with Gasteiger partial charge >= 0.3 is 6.61 Å². The van der Waals surface area contributed by atoms with Crippen LogP contribution in [0.2, 0.25) is 0 Å². The zero-order valence-corrected chi connectivity index (χ0v) is 16.6. The number of carbonyl (C=O) groups excluding carboxylic acids is 1. The number of hydrazine groups is 1. The Labute approximate surface area is 171 Å². The van der Waals surface area contributed by atoms with Gasteiger partial charge in [0.2, 0.25) is 5.91 Å². The number of fused-ring (bicyclic) bond motifs is 1. The third-order valence-corrected chi connectivity index (χ3v) is 5.86. The molecule has 7 nitrogen and oxygen atoms in total. The Morgan fingerprint density at radius 1 is 1.30 bits per heavy atom. The second kappa shape index (κ2) is 8.29. The molecule has 1 aliphatic carbocycles. The quantitative estimate of drug-likeness (QED) is 0.570. The van der Waals surface area contributed by atoms with Gasteiger partial charge in [-0.3, -0.25) is 15.0 Å².